The van der Waals surface area contributed by atoms with E-state index in [1.54, 1.807) is 6.20 Å². The molecule has 5 heteroatoms. The molecular weight excluding hydrogens is 312 g/mol. The van der Waals surface area contributed by atoms with Crippen LogP contribution in [0.25, 0.3) is 33.4 Å². The van der Waals surface area contributed by atoms with E-state index in [0.29, 0.717) is 11.7 Å². The molecule has 0 saturated carbocycles. The van der Waals surface area contributed by atoms with Crippen molar-refractivity contribution in [1.82, 2.24) is 15.1 Å². The molecular formula is C20H18N4O. The largest absolute Gasteiger partial charge is 0.399 e. The molecule has 0 aliphatic rings. The summed E-state index contributed by atoms with van der Waals surface area (Å²) in [5.74, 6) is 1.40. The molecule has 0 aliphatic carbocycles. The van der Waals surface area contributed by atoms with Gasteiger partial charge >= 0.3 is 0 Å². The molecule has 25 heavy (non-hydrogen) atoms. The lowest BCUT2D eigenvalue weighted by atomic mass is 10.0. The number of hydrogen-bond donors (Lipinski definition) is 1. The molecule has 0 bridgehead atoms. The highest BCUT2D eigenvalue weighted by Gasteiger charge is 2.12. The number of anilines is 1. The molecule has 5 nitrogen and oxygen atoms in total. The lowest BCUT2D eigenvalue weighted by Gasteiger charge is -2.05. The van der Waals surface area contributed by atoms with Crippen molar-refractivity contribution in [2.45, 2.75) is 19.8 Å². The molecule has 0 atom stereocenters. The maximum absolute atomic E-state index is 5.77. The van der Waals surface area contributed by atoms with Crippen LogP contribution < -0.4 is 5.73 Å². The first-order valence-corrected chi connectivity index (χ1v) is 8.20. The molecule has 0 spiro atoms. The van der Waals surface area contributed by atoms with Gasteiger partial charge in [0, 0.05) is 28.8 Å². The number of nitrogens with two attached hydrogens (primary N) is 1. The van der Waals surface area contributed by atoms with Gasteiger partial charge in [0.05, 0.1) is 5.52 Å². The van der Waals surface area contributed by atoms with E-state index in [9.17, 15) is 0 Å². The van der Waals surface area contributed by atoms with E-state index >= 15 is 0 Å². The molecule has 0 radical (unpaired) electrons. The van der Waals surface area contributed by atoms with Gasteiger partial charge in [0.1, 0.15) is 0 Å². The molecule has 2 N–H and O–H groups in total. The van der Waals surface area contributed by atoms with E-state index in [2.05, 4.69) is 27.3 Å². The molecule has 4 aromatic rings. The predicted octanol–water partition coefficient (Wildman–Crippen LogP) is 4.66. The Bertz CT molecular complexity index is 1040. The molecule has 2 aromatic heterocycles. The number of rotatable bonds is 3. The number of pyridine rings is 1. The number of benzene rings is 2. The smallest absolute Gasteiger partial charge is 0.229 e. The Kier molecular flexibility index (Phi) is 3.69. The van der Waals surface area contributed by atoms with Gasteiger partial charge in [-0.2, -0.15) is 4.98 Å². The zero-order chi connectivity index (χ0) is 17.4. The standard InChI is InChI=1S/C20H18N4O/c1-12(2)20-23-19(24-25-20)16-10-15-9-14(5-8-18(15)22-11-16)13-3-6-17(21)7-4-13/h3-12H,21H2,1-2H3. The van der Waals surface area contributed by atoms with Gasteiger partial charge in [0.25, 0.3) is 0 Å². The fourth-order valence-corrected chi connectivity index (χ4v) is 2.70. The summed E-state index contributed by atoms with van der Waals surface area (Å²) in [6.45, 7) is 4.05. The van der Waals surface area contributed by atoms with Gasteiger partial charge in [-0.25, -0.2) is 0 Å². The van der Waals surface area contributed by atoms with Crippen LogP contribution >= 0.6 is 0 Å². The molecule has 2 heterocycles. The van der Waals surface area contributed by atoms with Crippen molar-refractivity contribution in [3.8, 4) is 22.5 Å². The van der Waals surface area contributed by atoms with Crippen molar-refractivity contribution in [2.75, 3.05) is 5.73 Å². The number of aromatic nitrogens is 3. The first-order chi connectivity index (χ1) is 12.1. The monoisotopic (exact) mass is 330 g/mol. The zero-order valence-corrected chi connectivity index (χ0v) is 14.1. The van der Waals surface area contributed by atoms with Crippen molar-refractivity contribution >= 4 is 16.6 Å². The van der Waals surface area contributed by atoms with E-state index in [4.69, 9.17) is 10.3 Å². The Morgan fingerprint density at radius 1 is 0.920 bits per heavy atom. The summed E-state index contributed by atoms with van der Waals surface area (Å²) in [7, 11) is 0. The maximum Gasteiger partial charge on any atom is 0.229 e. The van der Waals surface area contributed by atoms with Gasteiger partial charge in [-0.05, 0) is 41.5 Å². The predicted molar refractivity (Wildman–Crippen MR) is 99.0 cm³/mol. The van der Waals surface area contributed by atoms with Gasteiger partial charge < -0.3 is 10.3 Å². The lowest BCUT2D eigenvalue weighted by molar-refractivity contribution is 0.365. The average molecular weight is 330 g/mol. The third-order valence-electron chi connectivity index (χ3n) is 4.12. The molecule has 0 amide bonds. The van der Waals surface area contributed by atoms with Crippen LogP contribution in [0.3, 0.4) is 0 Å². The second kappa shape index (κ2) is 6.02. The Morgan fingerprint density at radius 2 is 1.64 bits per heavy atom. The Balaban J connectivity index is 1.77. The molecule has 4 rings (SSSR count). The van der Waals surface area contributed by atoms with Crippen molar-refractivity contribution < 1.29 is 4.52 Å². The fourth-order valence-electron chi connectivity index (χ4n) is 2.70. The average Bonchev–Trinajstić information content (AvgIpc) is 3.12. The minimum atomic E-state index is 0.201. The van der Waals surface area contributed by atoms with Crippen LogP contribution in [0.4, 0.5) is 5.69 Å². The van der Waals surface area contributed by atoms with Gasteiger partial charge in [-0.3, -0.25) is 4.98 Å². The van der Waals surface area contributed by atoms with Gasteiger partial charge in [-0.1, -0.05) is 37.2 Å². The third kappa shape index (κ3) is 2.96. The van der Waals surface area contributed by atoms with Crippen LogP contribution in [0, 0.1) is 0 Å². The zero-order valence-electron chi connectivity index (χ0n) is 14.1. The molecule has 0 unspecified atom stereocenters. The first kappa shape index (κ1) is 15.3. The van der Waals surface area contributed by atoms with Gasteiger partial charge in [0.15, 0.2) is 0 Å². The Labute approximate surface area is 145 Å². The fraction of sp³-hybridized carbons (Fsp3) is 0.150. The van der Waals surface area contributed by atoms with E-state index in [-0.39, 0.29) is 5.92 Å². The normalized spacial score (nSPS) is 11.3. The highest BCUT2D eigenvalue weighted by atomic mass is 16.5. The second-order valence-corrected chi connectivity index (χ2v) is 6.36. The molecule has 0 aliphatic heterocycles. The van der Waals surface area contributed by atoms with Crippen molar-refractivity contribution in [1.29, 1.82) is 0 Å². The third-order valence-corrected chi connectivity index (χ3v) is 4.12. The van der Waals surface area contributed by atoms with Crippen LogP contribution in [-0.4, -0.2) is 15.1 Å². The van der Waals surface area contributed by atoms with E-state index in [0.717, 1.165) is 33.3 Å². The summed E-state index contributed by atoms with van der Waals surface area (Å²) in [4.78, 5) is 8.96. The minimum Gasteiger partial charge on any atom is -0.399 e. The highest BCUT2D eigenvalue weighted by Crippen LogP contribution is 2.27. The molecule has 2 aromatic carbocycles. The summed E-state index contributed by atoms with van der Waals surface area (Å²) in [5, 5.41) is 5.10. The van der Waals surface area contributed by atoms with Crippen LogP contribution in [0.15, 0.2) is 59.3 Å². The maximum atomic E-state index is 5.77. The van der Waals surface area contributed by atoms with E-state index in [1.807, 2.05) is 50.2 Å². The lowest BCUT2D eigenvalue weighted by Crippen LogP contribution is -1.89. The van der Waals surface area contributed by atoms with Crippen LogP contribution in [0.1, 0.15) is 25.7 Å². The molecule has 124 valence electrons. The van der Waals surface area contributed by atoms with E-state index < -0.39 is 0 Å². The quantitative estimate of drug-likeness (QED) is 0.553. The Hall–Kier alpha value is -3.21. The summed E-state index contributed by atoms with van der Waals surface area (Å²) < 4.78 is 5.30. The summed E-state index contributed by atoms with van der Waals surface area (Å²) in [5.41, 5.74) is 10.5. The van der Waals surface area contributed by atoms with Crippen LogP contribution in [-0.2, 0) is 0 Å². The molecule has 0 saturated heterocycles. The van der Waals surface area contributed by atoms with Crippen molar-refractivity contribution in [3.05, 3.63) is 60.6 Å². The topological polar surface area (TPSA) is 77.8 Å². The van der Waals surface area contributed by atoms with Crippen LogP contribution in [0.2, 0.25) is 0 Å². The van der Waals surface area contributed by atoms with Crippen molar-refractivity contribution in [3.63, 3.8) is 0 Å². The SMILES string of the molecule is CC(C)c1nc(-c2cnc3ccc(-c4ccc(N)cc4)cc3c2)no1. The molecule has 0 fully saturated rings. The summed E-state index contributed by atoms with van der Waals surface area (Å²) in [6, 6.07) is 16.1. The van der Waals surface area contributed by atoms with Gasteiger partial charge in [-0.15, -0.1) is 0 Å². The number of nitrogens with zero attached hydrogens (tertiary/aromatic N) is 3. The summed E-state index contributed by atoms with van der Waals surface area (Å²) in [6.07, 6.45) is 1.78. The van der Waals surface area contributed by atoms with E-state index in [1.165, 1.54) is 0 Å². The number of nitrogen functional groups attached to an aromatic ring is 1. The Morgan fingerprint density at radius 3 is 2.36 bits per heavy atom. The van der Waals surface area contributed by atoms with Gasteiger partial charge in [0.2, 0.25) is 11.7 Å². The first-order valence-electron chi connectivity index (χ1n) is 8.20. The number of fused-ring (bicyclic) bond motifs is 1. The summed E-state index contributed by atoms with van der Waals surface area (Å²) >= 11 is 0. The second-order valence-electron chi connectivity index (χ2n) is 6.36. The minimum absolute atomic E-state index is 0.201. The number of hydrogen-bond acceptors (Lipinski definition) is 5. The van der Waals surface area contributed by atoms with Crippen LogP contribution in [0.5, 0.6) is 0 Å². The highest BCUT2D eigenvalue weighted by molar-refractivity contribution is 5.87. The van der Waals surface area contributed by atoms with Crippen molar-refractivity contribution in [2.24, 2.45) is 0 Å².